The van der Waals surface area contributed by atoms with E-state index >= 15 is 0 Å². The number of ether oxygens (including phenoxy) is 3. The zero-order chi connectivity index (χ0) is 16.2. The summed E-state index contributed by atoms with van der Waals surface area (Å²) in [7, 11) is 1.64. The minimum atomic E-state index is -0.450. The fourth-order valence-electron chi connectivity index (χ4n) is 2.35. The summed E-state index contributed by atoms with van der Waals surface area (Å²) in [6, 6.07) is 7.52. The highest BCUT2D eigenvalue weighted by Gasteiger charge is 2.30. The van der Waals surface area contributed by atoms with Crippen LogP contribution in [-0.4, -0.2) is 43.4 Å². The van der Waals surface area contributed by atoms with Crippen LogP contribution in [0.3, 0.4) is 0 Å². The molecule has 1 aromatic carbocycles. The van der Waals surface area contributed by atoms with Crippen LogP contribution in [0, 0.1) is 5.92 Å². The lowest BCUT2D eigenvalue weighted by Gasteiger charge is -2.24. The topological polar surface area (TPSA) is 48.0 Å². The van der Waals surface area contributed by atoms with Gasteiger partial charge in [0.05, 0.1) is 13.7 Å². The molecule has 0 aliphatic carbocycles. The number of carbonyl (C=O) groups excluding carboxylic acids is 1. The van der Waals surface area contributed by atoms with Crippen molar-refractivity contribution in [3.8, 4) is 11.5 Å². The first kappa shape index (κ1) is 16.5. The first-order valence-electron chi connectivity index (χ1n) is 7.62. The van der Waals surface area contributed by atoms with E-state index in [0.29, 0.717) is 19.1 Å². The Labute approximate surface area is 132 Å². The van der Waals surface area contributed by atoms with Crippen molar-refractivity contribution in [3.05, 3.63) is 24.3 Å². The fourth-order valence-corrected chi connectivity index (χ4v) is 2.35. The highest BCUT2D eigenvalue weighted by molar-refractivity contribution is 5.68. The molecule has 0 spiro atoms. The van der Waals surface area contributed by atoms with Gasteiger partial charge in [-0.1, -0.05) is 0 Å². The first-order chi connectivity index (χ1) is 10.4. The van der Waals surface area contributed by atoms with E-state index in [1.54, 1.807) is 12.0 Å². The van der Waals surface area contributed by atoms with E-state index in [2.05, 4.69) is 0 Å². The molecule has 1 fully saturated rings. The van der Waals surface area contributed by atoms with Crippen molar-refractivity contribution >= 4 is 6.09 Å². The molecule has 5 nitrogen and oxygen atoms in total. The third-order valence-corrected chi connectivity index (χ3v) is 3.48. The number of amides is 1. The van der Waals surface area contributed by atoms with E-state index in [9.17, 15) is 4.79 Å². The molecule has 2 rings (SSSR count). The molecule has 122 valence electrons. The zero-order valence-electron chi connectivity index (χ0n) is 13.8. The van der Waals surface area contributed by atoms with Gasteiger partial charge in [-0.2, -0.15) is 0 Å². The maximum Gasteiger partial charge on any atom is 0.410 e. The van der Waals surface area contributed by atoms with Gasteiger partial charge in [-0.15, -0.1) is 0 Å². The summed E-state index contributed by atoms with van der Waals surface area (Å²) < 4.78 is 16.3. The molecule has 1 heterocycles. The Bertz CT molecular complexity index is 492. The predicted octanol–water partition coefficient (Wildman–Crippen LogP) is 3.33. The highest BCUT2D eigenvalue weighted by Crippen LogP contribution is 2.22. The van der Waals surface area contributed by atoms with E-state index in [0.717, 1.165) is 24.5 Å². The second-order valence-electron chi connectivity index (χ2n) is 6.57. The van der Waals surface area contributed by atoms with Crippen LogP contribution < -0.4 is 9.47 Å². The Morgan fingerprint density at radius 3 is 2.45 bits per heavy atom. The lowest BCUT2D eigenvalue weighted by Crippen LogP contribution is -2.35. The molecule has 0 saturated carbocycles. The standard InChI is InChI=1S/C17H25NO4/c1-17(2,3)22-16(19)18-10-9-13(11-18)12-21-15-7-5-14(20-4)6-8-15/h5-8,13H,9-12H2,1-4H3/t13-/m1/s1. The SMILES string of the molecule is COc1ccc(OC[C@@H]2CCN(C(=O)OC(C)(C)C)C2)cc1. The number of nitrogens with zero attached hydrogens (tertiary/aromatic N) is 1. The lowest BCUT2D eigenvalue weighted by atomic mass is 10.1. The summed E-state index contributed by atoms with van der Waals surface area (Å²) >= 11 is 0. The summed E-state index contributed by atoms with van der Waals surface area (Å²) in [6.45, 7) is 7.66. The summed E-state index contributed by atoms with van der Waals surface area (Å²) in [4.78, 5) is 13.8. The van der Waals surface area contributed by atoms with E-state index in [1.807, 2.05) is 45.0 Å². The molecule has 0 N–H and O–H groups in total. The largest absolute Gasteiger partial charge is 0.497 e. The molecule has 1 aliphatic heterocycles. The molecule has 5 heteroatoms. The minimum absolute atomic E-state index is 0.237. The summed E-state index contributed by atoms with van der Waals surface area (Å²) in [5.74, 6) is 1.97. The summed E-state index contributed by atoms with van der Waals surface area (Å²) in [6.07, 6.45) is 0.703. The van der Waals surface area contributed by atoms with Crippen molar-refractivity contribution in [2.45, 2.75) is 32.8 Å². The quantitative estimate of drug-likeness (QED) is 0.856. The van der Waals surface area contributed by atoms with Crippen molar-refractivity contribution in [2.24, 2.45) is 5.92 Å². The molecule has 0 bridgehead atoms. The van der Waals surface area contributed by atoms with Gasteiger partial charge in [-0.25, -0.2) is 4.79 Å². The Morgan fingerprint density at radius 1 is 1.23 bits per heavy atom. The van der Waals surface area contributed by atoms with E-state index in [4.69, 9.17) is 14.2 Å². The van der Waals surface area contributed by atoms with Gasteiger partial charge in [-0.05, 0) is 51.5 Å². The van der Waals surface area contributed by atoms with Crippen LogP contribution in [0.4, 0.5) is 4.79 Å². The second kappa shape index (κ2) is 6.90. The van der Waals surface area contributed by atoms with E-state index in [-0.39, 0.29) is 6.09 Å². The van der Waals surface area contributed by atoms with Crippen LogP contribution in [0.25, 0.3) is 0 Å². The first-order valence-corrected chi connectivity index (χ1v) is 7.62. The number of rotatable bonds is 4. The van der Waals surface area contributed by atoms with Gasteiger partial charge in [-0.3, -0.25) is 0 Å². The van der Waals surface area contributed by atoms with Crippen LogP contribution >= 0.6 is 0 Å². The molecular formula is C17H25NO4. The number of likely N-dealkylation sites (tertiary alicyclic amines) is 1. The minimum Gasteiger partial charge on any atom is -0.497 e. The van der Waals surface area contributed by atoms with Gasteiger partial charge in [0.2, 0.25) is 0 Å². The van der Waals surface area contributed by atoms with Gasteiger partial charge < -0.3 is 19.1 Å². The third kappa shape index (κ3) is 4.83. The number of hydrogen-bond donors (Lipinski definition) is 0. The van der Waals surface area contributed by atoms with E-state index in [1.165, 1.54) is 0 Å². The van der Waals surface area contributed by atoms with E-state index < -0.39 is 5.60 Å². The zero-order valence-corrected chi connectivity index (χ0v) is 13.8. The molecular weight excluding hydrogens is 282 g/mol. The Kier molecular flexibility index (Phi) is 5.16. The van der Waals surface area contributed by atoms with Crippen molar-refractivity contribution < 1.29 is 19.0 Å². The summed E-state index contributed by atoms with van der Waals surface area (Å²) in [5, 5.41) is 0. The Morgan fingerprint density at radius 2 is 1.86 bits per heavy atom. The monoisotopic (exact) mass is 307 g/mol. The average Bonchev–Trinajstić information content (AvgIpc) is 2.93. The van der Waals surface area contributed by atoms with Gasteiger partial charge in [0.1, 0.15) is 17.1 Å². The molecule has 1 atom stereocenters. The molecule has 0 aromatic heterocycles. The summed E-state index contributed by atoms with van der Waals surface area (Å²) in [5.41, 5.74) is -0.450. The van der Waals surface area contributed by atoms with Crippen molar-refractivity contribution in [2.75, 3.05) is 26.8 Å². The van der Waals surface area contributed by atoms with Crippen LogP contribution in [0.2, 0.25) is 0 Å². The number of carbonyl (C=O) groups is 1. The van der Waals surface area contributed by atoms with Crippen LogP contribution in [0.1, 0.15) is 27.2 Å². The fraction of sp³-hybridized carbons (Fsp3) is 0.588. The third-order valence-electron chi connectivity index (χ3n) is 3.48. The van der Waals surface area contributed by atoms with Gasteiger partial charge >= 0.3 is 6.09 Å². The van der Waals surface area contributed by atoms with Gasteiger partial charge in [0.15, 0.2) is 0 Å². The lowest BCUT2D eigenvalue weighted by molar-refractivity contribution is 0.0285. The molecule has 1 aromatic rings. The van der Waals surface area contributed by atoms with Gasteiger partial charge in [0.25, 0.3) is 0 Å². The van der Waals surface area contributed by atoms with Crippen molar-refractivity contribution in [1.82, 2.24) is 4.90 Å². The second-order valence-corrected chi connectivity index (χ2v) is 6.57. The van der Waals surface area contributed by atoms with Gasteiger partial charge in [0, 0.05) is 19.0 Å². The molecule has 0 unspecified atom stereocenters. The number of benzene rings is 1. The maximum atomic E-state index is 12.0. The average molecular weight is 307 g/mol. The molecule has 1 amide bonds. The number of hydrogen-bond acceptors (Lipinski definition) is 4. The van der Waals surface area contributed by atoms with Crippen LogP contribution in [-0.2, 0) is 4.74 Å². The van der Waals surface area contributed by atoms with Crippen LogP contribution in [0.15, 0.2) is 24.3 Å². The normalized spacial score (nSPS) is 18.2. The Hall–Kier alpha value is -1.91. The number of methoxy groups -OCH3 is 1. The molecule has 1 aliphatic rings. The maximum absolute atomic E-state index is 12.0. The predicted molar refractivity (Wildman–Crippen MR) is 84.4 cm³/mol. The highest BCUT2D eigenvalue weighted by atomic mass is 16.6. The molecule has 22 heavy (non-hydrogen) atoms. The van der Waals surface area contributed by atoms with Crippen molar-refractivity contribution in [3.63, 3.8) is 0 Å². The van der Waals surface area contributed by atoms with Crippen molar-refractivity contribution in [1.29, 1.82) is 0 Å². The van der Waals surface area contributed by atoms with Crippen LogP contribution in [0.5, 0.6) is 11.5 Å². The molecule has 0 radical (unpaired) electrons. The Balaban J connectivity index is 1.77. The molecule has 1 saturated heterocycles. The smallest absolute Gasteiger partial charge is 0.410 e.